The molecular formula is C19H27N9. The zero-order chi connectivity index (χ0) is 19.5. The molecule has 148 valence electrons. The first-order valence-electron chi connectivity index (χ1n) is 9.98. The van der Waals surface area contributed by atoms with Crippen molar-refractivity contribution in [1.82, 2.24) is 35.0 Å². The molecular weight excluding hydrogens is 354 g/mol. The van der Waals surface area contributed by atoms with E-state index in [0.29, 0.717) is 11.9 Å². The van der Waals surface area contributed by atoms with Gasteiger partial charge < -0.3 is 15.5 Å². The fraction of sp³-hybridized carbons (Fsp3) is 0.526. The van der Waals surface area contributed by atoms with Gasteiger partial charge in [0.2, 0.25) is 5.95 Å². The Bertz CT molecular complexity index is 937. The summed E-state index contributed by atoms with van der Waals surface area (Å²) in [6.07, 6.45) is 6.83. The lowest BCUT2D eigenvalue weighted by Gasteiger charge is -2.32. The summed E-state index contributed by atoms with van der Waals surface area (Å²) in [7, 11) is 0. The molecule has 0 spiro atoms. The number of nitrogens with zero attached hydrogens (tertiary/aromatic N) is 7. The Morgan fingerprint density at radius 2 is 2.14 bits per heavy atom. The molecule has 1 aliphatic heterocycles. The van der Waals surface area contributed by atoms with Crippen LogP contribution in [0.15, 0.2) is 18.6 Å². The van der Waals surface area contributed by atoms with Gasteiger partial charge in [-0.3, -0.25) is 9.67 Å². The summed E-state index contributed by atoms with van der Waals surface area (Å²) in [6.45, 7) is 9.94. The van der Waals surface area contributed by atoms with E-state index in [1.54, 1.807) is 18.6 Å². The monoisotopic (exact) mass is 381 g/mol. The van der Waals surface area contributed by atoms with Crippen molar-refractivity contribution in [3.63, 3.8) is 0 Å². The summed E-state index contributed by atoms with van der Waals surface area (Å²) in [4.78, 5) is 20.6. The first kappa shape index (κ1) is 18.5. The molecule has 0 radical (unpaired) electrons. The topological polar surface area (TPSA) is 96.7 Å². The van der Waals surface area contributed by atoms with Crippen molar-refractivity contribution in [3.8, 4) is 0 Å². The molecule has 3 aromatic heterocycles. The molecule has 9 heteroatoms. The molecule has 0 amide bonds. The fourth-order valence-electron chi connectivity index (χ4n) is 3.57. The number of aromatic nitrogens is 6. The lowest BCUT2D eigenvalue weighted by molar-refractivity contribution is 0.480. The standard InChI is InChI=1S/C19H27N9/c1-4-9-28-17-16(14(5-2)26-28)24-19(27-10-8-21-13(3)12-27)25-18(17)23-15-11-20-6-7-22-15/h6-7,11,13,21H,4-5,8-10,12H2,1-3H3,(H,22,23,24,25). The van der Waals surface area contributed by atoms with E-state index < -0.39 is 0 Å². The minimum absolute atomic E-state index is 0.401. The van der Waals surface area contributed by atoms with E-state index in [1.807, 2.05) is 4.68 Å². The Kier molecular flexibility index (Phi) is 5.34. The number of piperazine rings is 1. The minimum atomic E-state index is 0.401. The highest BCUT2D eigenvalue weighted by atomic mass is 15.3. The van der Waals surface area contributed by atoms with Crippen molar-refractivity contribution in [2.24, 2.45) is 0 Å². The molecule has 1 atom stereocenters. The fourth-order valence-corrected chi connectivity index (χ4v) is 3.57. The largest absolute Gasteiger partial charge is 0.338 e. The van der Waals surface area contributed by atoms with Gasteiger partial charge in [0.25, 0.3) is 0 Å². The highest BCUT2D eigenvalue weighted by molar-refractivity contribution is 5.90. The van der Waals surface area contributed by atoms with Gasteiger partial charge in [0.1, 0.15) is 16.9 Å². The van der Waals surface area contributed by atoms with Crippen LogP contribution in [0.25, 0.3) is 11.0 Å². The maximum atomic E-state index is 4.94. The molecule has 1 saturated heterocycles. The van der Waals surface area contributed by atoms with Crippen LogP contribution in [0.1, 0.15) is 32.9 Å². The molecule has 0 bridgehead atoms. The molecule has 0 aliphatic carbocycles. The maximum Gasteiger partial charge on any atom is 0.228 e. The summed E-state index contributed by atoms with van der Waals surface area (Å²) >= 11 is 0. The van der Waals surface area contributed by atoms with E-state index in [0.717, 1.165) is 67.5 Å². The first-order valence-corrected chi connectivity index (χ1v) is 9.98. The van der Waals surface area contributed by atoms with Crippen LogP contribution in [0.5, 0.6) is 0 Å². The lowest BCUT2D eigenvalue weighted by Crippen LogP contribution is -2.49. The molecule has 4 rings (SSSR count). The molecule has 1 unspecified atom stereocenters. The summed E-state index contributed by atoms with van der Waals surface area (Å²) in [5.41, 5.74) is 2.84. The molecule has 9 nitrogen and oxygen atoms in total. The molecule has 3 aromatic rings. The van der Waals surface area contributed by atoms with Crippen molar-refractivity contribution >= 4 is 28.6 Å². The van der Waals surface area contributed by atoms with E-state index in [9.17, 15) is 0 Å². The Morgan fingerprint density at radius 1 is 1.25 bits per heavy atom. The summed E-state index contributed by atoms with van der Waals surface area (Å²) in [5.74, 6) is 2.12. The average molecular weight is 381 g/mol. The van der Waals surface area contributed by atoms with Crippen LogP contribution in [-0.2, 0) is 13.0 Å². The Morgan fingerprint density at radius 3 is 2.86 bits per heavy atom. The molecule has 0 aromatic carbocycles. The van der Waals surface area contributed by atoms with Crippen LogP contribution in [-0.4, -0.2) is 55.4 Å². The summed E-state index contributed by atoms with van der Waals surface area (Å²) < 4.78 is 2.01. The highest BCUT2D eigenvalue weighted by Gasteiger charge is 2.23. The summed E-state index contributed by atoms with van der Waals surface area (Å²) in [5, 5.41) is 11.6. The number of anilines is 3. The molecule has 4 heterocycles. The Labute approximate surface area is 164 Å². The van der Waals surface area contributed by atoms with Gasteiger partial charge >= 0.3 is 0 Å². The summed E-state index contributed by atoms with van der Waals surface area (Å²) in [6, 6.07) is 0.401. The van der Waals surface area contributed by atoms with Gasteiger partial charge in [-0.25, -0.2) is 9.97 Å². The van der Waals surface area contributed by atoms with Crippen molar-refractivity contribution in [3.05, 3.63) is 24.3 Å². The van der Waals surface area contributed by atoms with E-state index >= 15 is 0 Å². The van der Waals surface area contributed by atoms with Crippen LogP contribution < -0.4 is 15.5 Å². The van der Waals surface area contributed by atoms with Crippen LogP contribution in [0.3, 0.4) is 0 Å². The SMILES string of the molecule is CCCn1nc(CC)c2nc(N3CCNC(C)C3)nc(Nc3cnccn3)c21. The number of aryl methyl sites for hydroxylation is 2. The van der Waals surface area contributed by atoms with Crippen molar-refractivity contribution in [1.29, 1.82) is 0 Å². The van der Waals surface area contributed by atoms with Gasteiger partial charge in [0.05, 0.1) is 11.9 Å². The number of rotatable bonds is 6. The van der Waals surface area contributed by atoms with Crippen LogP contribution in [0, 0.1) is 0 Å². The second kappa shape index (κ2) is 8.05. The van der Waals surface area contributed by atoms with E-state index in [2.05, 4.69) is 46.3 Å². The molecule has 1 aliphatic rings. The van der Waals surface area contributed by atoms with Crippen molar-refractivity contribution < 1.29 is 0 Å². The smallest absolute Gasteiger partial charge is 0.228 e. The third-order valence-corrected chi connectivity index (χ3v) is 4.88. The molecule has 1 fully saturated rings. The number of hydrogen-bond donors (Lipinski definition) is 2. The molecule has 2 N–H and O–H groups in total. The van der Waals surface area contributed by atoms with Gasteiger partial charge in [-0.2, -0.15) is 10.1 Å². The maximum absolute atomic E-state index is 4.94. The van der Waals surface area contributed by atoms with Crippen molar-refractivity contribution in [2.75, 3.05) is 29.9 Å². The quantitative estimate of drug-likeness (QED) is 0.670. The zero-order valence-corrected chi connectivity index (χ0v) is 16.7. The van der Waals surface area contributed by atoms with Crippen LogP contribution in [0.2, 0.25) is 0 Å². The van der Waals surface area contributed by atoms with Gasteiger partial charge in [-0.1, -0.05) is 13.8 Å². The Balaban J connectivity index is 1.85. The molecule has 28 heavy (non-hydrogen) atoms. The van der Waals surface area contributed by atoms with E-state index in [-0.39, 0.29) is 0 Å². The van der Waals surface area contributed by atoms with Crippen molar-refractivity contribution in [2.45, 2.75) is 46.2 Å². The van der Waals surface area contributed by atoms with Gasteiger partial charge in [0, 0.05) is 44.6 Å². The van der Waals surface area contributed by atoms with Crippen LogP contribution >= 0.6 is 0 Å². The van der Waals surface area contributed by atoms with E-state index in [1.165, 1.54) is 0 Å². The third-order valence-electron chi connectivity index (χ3n) is 4.88. The number of fused-ring (bicyclic) bond motifs is 1. The average Bonchev–Trinajstić information content (AvgIpc) is 3.07. The van der Waals surface area contributed by atoms with Gasteiger partial charge in [-0.05, 0) is 19.8 Å². The highest BCUT2D eigenvalue weighted by Crippen LogP contribution is 2.29. The number of hydrogen-bond acceptors (Lipinski definition) is 8. The normalized spacial score (nSPS) is 17.2. The predicted octanol–water partition coefficient (Wildman–Crippen LogP) is 2.13. The third kappa shape index (κ3) is 3.62. The minimum Gasteiger partial charge on any atom is -0.338 e. The second-order valence-electron chi connectivity index (χ2n) is 7.11. The van der Waals surface area contributed by atoms with E-state index in [4.69, 9.17) is 15.1 Å². The second-order valence-corrected chi connectivity index (χ2v) is 7.11. The lowest BCUT2D eigenvalue weighted by atomic mass is 10.2. The number of nitrogens with one attached hydrogen (secondary N) is 2. The van der Waals surface area contributed by atoms with Crippen LogP contribution in [0.4, 0.5) is 17.6 Å². The zero-order valence-electron chi connectivity index (χ0n) is 16.7. The predicted molar refractivity (Wildman–Crippen MR) is 110 cm³/mol. The van der Waals surface area contributed by atoms with Gasteiger partial charge in [0.15, 0.2) is 5.82 Å². The first-order chi connectivity index (χ1) is 13.7. The van der Waals surface area contributed by atoms with Gasteiger partial charge in [-0.15, -0.1) is 0 Å². The molecule has 0 saturated carbocycles. The Hall–Kier alpha value is -2.81.